The molecule has 148 valence electrons. The van der Waals surface area contributed by atoms with Crippen LogP contribution in [0.25, 0.3) is 5.69 Å². The van der Waals surface area contributed by atoms with E-state index in [1.165, 1.54) is 5.56 Å². The first kappa shape index (κ1) is 19.8. The van der Waals surface area contributed by atoms with Gasteiger partial charge in [-0.1, -0.05) is 24.3 Å². The molecule has 0 saturated carbocycles. The molecule has 0 bridgehead atoms. The monoisotopic (exact) mass is 381 g/mol. The third-order valence-corrected chi connectivity index (χ3v) is 4.84. The largest absolute Gasteiger partial charge is 0.493 e. The molecule has 2 aromatic carbocycles. The van der Waals surface area contributed by atoms with Crippen LogP contribution in [0.2, 0.25) is 0 Å². The highest BCUT2D eigenvalue weighted by molar-refractivity contribution is 5.55. The molecule has 6 heteroatoms. The molecule has 6 nitrogen and oxygen atoms in total. The number of rotatable bonds is 8. The van der Waals surface area contributed by atoms with Crippen LogP contribution in [0.5, 0.6) is 17.2 Å². The maximum Gasteiger partial charge on any atom is 0.203 e. The van der Waals surface area contributed by atoms with Crippen LogP contribution in [0.1, 0.15) is 22.5 Å². The fourth-order valence-corrected chi connectivity index (χ4v) is 3.38. The van der Waals surface area contributed by atoms with E-state index in [0.717, 1.165) is 22.6 Å². The zero-order valence-electron chi connectivity index (χ0n) is 17.1. The molecule has 1 aromatic heterocycles. The minimum absolute atomic E-state index is 0.605. The maximum absolute atomic E-state index is 5.56. The molecule has 3 aromatic rings. The van der Waals surface area contributed by atoms with E-state index < -0.39 is 0 Å². The lowest BCUT2D eigenvalue weighted by Crippen LogP contribution is -2.15. The van der Waals surface area contributed by atoms with Crippen molar-refractivity contribution in [3.8, 4) is 22.9 Å². The van der Waals surface area contributed by atoms with Crippen molar-refractivity contribution in [2.45, 2.75) is 26.9 Å². The molecule has 1 N–H and O–H groups in total. The predicted octanol–water partition coefficient (Wildman–Crippen LogP) is 3.80. The normalized spacial score (nSPS) is 10.8. The van der Waals surface area contributed by atoms with Gasteiger partial charge < -0.3 is 19.5 Å². The second kappa shape index (κ2) is 8.80. The summed E-state index contributed by atoms with van der Waals surface area (Å²) in [6.07, 6.45) is 0. The van der Waals surface area contributed by atoms with Gasteiger partial charge in [0, 0.05) is 29.9 Å². The van der Waals surface area contributed by atoms with Gasteiger partial charge in [-0.2, -0.15) is 5.10 Å². The molecule has 0 aliphatic carbocycles. The first-order valence-electron chi connectivity index (χ1n) is 9.19. The smallest absolute Gasteiger partial charge is 0.203 e. The van der Waals surface area contributed by atoms with Gasteiger partial charge in [0.05, 0.1) is 32.7 Å². The molecule has 0 atom stereocenters. The van der Waals surface area contributed by atoms with Gasteiger partial charge in [-0.3, -0.25) is 0 Å². The summed E-state index contributed by atoms with van der Waals surface area (Å²) in [6, 6.07) is 14.0. The first-order valence-corrected chi connectivity index (χ1v) is 9.19. The summed E-state index contributed by atoms with van der Waals surface area (Å²) < 4.78 is 18.4. The van der Waals surface area contributed by atoms with E-state index in [9.17, 15) is 0 Å². The lowest BCUT2D eigenvalue weighted by molar-refractivity contribution is 0.321. The van der Waals surface area contributed by atoms with Crippen LogP contribution in [0.3, 0.4) is 0 Å². The number of nitrogens with zero attached hydrogens (tertiary/aromatic N) is 2. The zero-order valence-corrected chi connectivity index (χ0v) is 17.1. The molecule has 0 aliphatic heterocycles. The van der Waals surface area contributed by atoms with Gasteiger partial charge >= 0.3 is 0 Å². The lowest BCUT2D eigenvalue weighted by Gasteiger charge is -2.16. The molecule has 3 rings (SSSR count). The van der Waals surface area contributed by atoms with Gasteiger partial charge in [-0.25, -0.2) is 4.68 Å². The van der Waals surface area contributed by atoms with Crippen molar-refractivity contribution in [1.29, 1.82) is 0 Å². The van der Waals surface area contributed by atoms with Crippen LogP contribution in [-0.4, -0.2) is 31.1 Å². The van der Waals surface area contributed by atoms with Gasteiger partial charge in [0.2, 0.25) is 5.75 Å². The molecule has 1 heterocycles. The Hall–Kier alpha value is -2.99. The highest BCUT2D eigenvalue weighted by Gasteiger charge is 2.16. The van der Waals surface area contributed by atoms with E-state index in [-0.39, 0.29) is 0 Å². The lowest BCUT2D eigenvalue weighted by atomic mass is 10.1. The number of ether oxygens (including phenoxy) is 3. The summed E-state index contributed by atoms with van der Waals surface area (Å²) in [5.41, 5.74) is 5.42. The van der Waals surface area contributed by atoms with Crippen LogP contribution < -0.4 is 19.5 Å². The Balaban J connectivity index is 1.77. The predicted molar refractivity (Wildman–Crippen MR) is 110 cm³/mol. The molecule has 0 saturated heterocycles. The number of hydrogen-bond acceptors (Lipinski definition) is 5. The molecular formula is C22H27N3O3. The molecule has 0 unspecified atom stereocenters. The molecule has 0 spiro atoms. The quantitative estimate of drug-likeness (QED) is 0.643. The number of methoxy groups -OCH3 is 3. The van der Waals surface area contributed by atoms with Crippen molar-refractivity contribution in [2.75, 3.05) is 21.3 Å². The molecular weight excluding hydrogens is 354 g/mol. The van der Waals surface area contributed by atoms with E-state index in [1.807, 2.05) is 41.9 Å². The van der Waals surface area contributed by atoms with Crippen molar-refractivity contribution in [3.05, 3.63) is 65.0 Å². The minimum Gasteiger partial charge on any atom is -0.493 e. The van der Waals surface area contributed by atoms with Crippen molar-refractivity contribution in [3.63, 3.8) is 0 Å². The molecule has 0 radical (unpaired) electrons. The maximum atomic E-state index is 5.56. The second-order valence-corrected chi connectivity index (χ2v) is 6.49. The van der Waals surface area contributed by atoms with Crippen LogP contribution in [0.15, 0.2) is 42.5 Å². The molecule has 0 amide bonds. The van der Waals surface area contributed by atoms with Crippen LogP contribution in [0, 0.1) is 13.8 Å². The van der Waals surface area contributed by atoms with Crippen molar-refractivity contribution < 1.29 is 14.2 Å². The van der Waals surface area contributed by atoms with Crippen LogP contribution in [-0.2, 0) is 13.1 Å². The highest BCUT2D eigenvalue weighted by atomic mass is 16.5. The van der Waals surface area contributed by atoms with Gasteiger partial charge in [0.25, 0.3) is 0 Å². The minimum atomic E-state index is 0.605. The summed E-state index contributed by atoms with van der Waals surface area (Å²) in [7, 11) is 4.87. The van der Waals surface area contributed by atoms with Gasteiger partial charge in [0.1, 0.15) is 0 Å². The Morgan fingerprint density at radius 3 is 2.21 bits per heavy atom. The third kappa shape index (κ3) is 3.82. The second-order valence-electron chi connectivity index (χ2n) is 6.49. The Morgan fingerprint density at radius 2 is 1.57 bits per heavy atom. The van der Waals surface area contributed by atoms with Gasteiger partial charge in [-0.15, -0.1) is 0 Å². The summed E-state index contributed by atoms with van der Waals surface area (Å²) in [6.45, 7) is 5.49. The summed E-state index contributed by atoms with van der Waals surface area (Å²) in [5, 5.41) is 8.20. The molecule has 0 fully saturated rings. The van der Waals surface area contributed by atoms with E-state index in [2.05, 4.69) is 24.4 Å². The topological polar surface area (TPSA) is 57.5 Å². The average Bonchev–Trinajstić information content (AvgIpc) is 3.01. The number of nitrogens with one attached hydrogen (secondary N) is 1. The summed E-state index contributed by atoms with van der Waals surface area (Å²) in [5.74, 6) is 1.94. The SMILES string of the molecule is COc1ccc(CNCc2c(C)nn(-c3ccccc3)c2C)c(OC)c1OC. The standard InChI is InChI=1S/C22H27N3O3/c1-15-19(16(2)25(24-15)18-9-7-6-8-10-18)14-23-13-17-11-12-20(26-3)22(28-5)21(17)27-4/h6-12,23H,13-14H2,1-5H3. The summed E-state index contributed by atoms with van der Waals surface area (Å²) in [4.78, 5) is 0. The Kier molecular flexibility index (Phi) is 6.21. The number of benzene rings is 2. The van der Waals surface area contributed by atoms with Crippen molar-refractivity contribution in [2.24, 2.45) is 0 Å². The van der Waals surface area contributed by atoms with E-state index in [1.54, 1.807) is 21.3 Å². The third-order valence-electron chi connectivity index (χ3n) is 4.84. The Bertz CT molecular complexity index is 936. The molecule has 0 aliphatic rings. The van der Waals surface area contributed by atoms with Crippen molar-refractivity contribution >= 4 is 0 Å². The van der Waals surface area contributed by atoms with Crippen LogP contribution in [0.4, 0.5) is 0 Å². The average molecular weight is 381 g/mol. The van der Waals surface area contributed by atoms with E-state index in [4.69, 9.17) is 19.3 Å². The number of para-hydroxylation sites is 1. The first-order chi connectivity index (χ1) is 13.6. The number of aromatic nitrogens is 2. The molecule has 28 heavy (non-hydrogen) atoms. The van der Waals surface area contributed by atoms with Crippen LogP contribution >= 0.6 is 0 Å². The fraction of sp³-hybridized carbons (Fsp3) is 0.318. The van der Waals surface area contributed by atoms with E-state index in [0.29, 0.717) is 30.3 Å². The van der Waals surface area contributed by atoms with Crippen molar-refractivity contribution in [1.82, 2.24) is 15.1 Å². The fourth-order valence-electron chi connectivity index (χ4n) is 3.38. The number of hydrogen-bond donors (Lipinski definition) is 1. The van der Waals surface area contributed by atoms with Gasteiger partial charge in [-0.05, 0) is 32.0 Å². The number of aryl methyl sites for hydroxylation is 1. The Morgan fingerprint density at radius 1 is 0.857 bits per heavy atom. The van der Waals surface area contributed by atoms with E-state index >= 15 is 0 Å². The zero-order chi connectivity index (χ0) is 20.1. The van der Waals surface area contributed by atoms with Gasteiger partial charge in [0.15, 0.2) is 11.5 Å². The summed E-state index contributed by atoms with van der Waals surface area (Å²) >= 11 is 0. The highest BCUT2D eigenvalue weighted by Crippen LogP contribution is 2.39. The Labute approximate surface area is 166 Å².